The van der Waals surface area contributed by atoms with Crippen LogP contribution in [0, 0.1) is 0 Å². The average molecular weight is 312 g/mol. The third-order valence-corrected chi connectivity index (χ3v) is 4.50. The van der Waals surface area contributed by atoms with Gasteiger partial charge in [0.15, 0.2) is 0 Å². The Labute approximate surface area is 142 Å². The topological polar surface area (TPSA) is 17.8 Å². The largest absolute Gasteiger partial charge is 0.326 e. The van der Waals surface area contributed by atoms with Crippen molar-refractivity contribution in [3.05, 3.63) is 103 Å². The van der Waals surface area contributed by atoms with Gasteiger partial charge in [-0.2, -0.15) is 0 Å². The third kappa shape index (κ3) is 2.95. The summed E-state index contributed by atoms with van der Waals surface area (Å²) >= 11 is 0. The van der Waals surface area contributed by atoms with Crippen LogP contribution < -0.4 is 0 Å². The van der Waals surface area contributed by atoms with Gasteiger partial charge in [0.1, 0.15) is 0 Å². The van der Waals surface area contributed by atoms with Crippen LogP contribution in [0.25, 0.3) is 11.1 Å². The number of allylic oxidation sites excluding steroid dienone is 4. The highest BCUT2D eigenvalue weighted by Gasteiger charge is 2.17. The van der Waals surface area contributed by atoms with Gasteiger partial charge < -0.3 is 4.57 Å². The Kier molecular flexibility index (Phi) is 4.11. The molecule has 1 heterocycles. The van der Waals surface area contributed by atoms with Gasteiger partial charge in [0, 0.05) is 12.4 Å². The van der Waals surface area contributed by atoms with Gasteiger partial charge in [-0.3, -0.25) is 0 Å². The summed E-state index contributed by atoms with van der Waals surface area (Å²) < 4.78 is 2.18. The maximum absolute atomic E-state index is 4.24. The lowest BCUT2D eigenvalue weighted by Gasteiger charge is -2.22. The fourth-order valence-electron chi connectivity index (χ4n) is 3.28. The molecule has 1 atom stereocenters. The van der Waals surface area contributed by atoms with E-state index in [2.05, 4.69) is 82.4 Å². The van der Waals surface area contributed by atoms with Crippen molar-refractivity contribution in [1.82, 2.24) is 9.55 Å². The van der Waals surface area contributed by atoms with Crippen LogP contribution in [0.1, 0.15) is 24.4 Å². The molecule has 2 heteroatoms. The van der Waals surface area contributed by atoms with Gasteiger partial charge in [0.2, 0.25) is 0 Å². The first-order valence-electron chi connectivity index (χ1n) is 8.41. The molecule has 3 aromatic rings. The van der Waals surface area contributed by atoms with E-state index in [9.17, 15) is 0 Å². The molecule has 118 valence electrons. The molecule has 1 aliphatic carbocycles. The molecule has 1 aromatic heterocycles. The number of rotatable bonds is 4. The summed E-state index contributed by atoms with van der Waals surface area (Å²) in [6, 6.07) is 19.6. The van der Waals surface area contributed by atoms with Crippen LogP contribution in [0.3, 0.4) is 0 Å². The first-order chi connectivity index (χ1) is 11.9. The second-order valence-corrected chi connectivity index (χ2v) is 6.08. The predicted octanol–water partition coefficient (Wildman–Crippen LogP) is 5.42. The summed E-state index contributed by atoms with van der Waals surface area (Å²) in [5, 5.41) is 0. The molecule has 0 spiro atoms. The molecule has 2 aromatic carbocycles. The van der Waals surface area contributed by atoms with E-state index >= 15 is 0 Å². The summed E-state index contributed by atoms with van der Waals surface area (Å²) in [5.41, 5.74) is 5.12. The van der Waals surface area contributed by atoms with Gasteiger partial charge in [0.25, 0.3) is 0 Å². The van der Waals surface area contributed by atoms with E-state index in [1.165, 1.54) is 22.3 Å². The Bertz CT molecular complexity index is 841. The van der Waals surface area contributed by atoms with Crippen molar-refractivity contribution in [3.63, 3.8) is 0 Å². The van der Waals surface area contributed by atoms with E-state index < -0.39 is 0 Å². The summed E-state index contributed by atoms with van der Waals surface area (Å²) in [5.74, 6) is 0. The molecule has 24 heavy (non-hydrogen) atoms. The zero-order chi connectivity index (χ0) is 16.2. The third-order valence-electron chi connectivity index (χ3n) is 4.50. The number of hydrogen-bond donors (Lipinski definition) is 0. The summed E-state index contributed by atoms with van der Waals surface area (Å²) in [6.07, 6.45) is 14.9. The highest BCUT2D eigenvalue weighted by Crippen LogP contribution is 2.31. The van der Waals surface area contributed by atoms with Crippen LogP contribution in [0.2, 0.25) is 0 Å². The number of aromatic nitrogens is 2. The van der Waals surface area contributed by atoms with Crippen LogP contribution in [0.15, 0.2) is 97.1 Å². The zero-order valence-electron chi connectivity index (χ0n) is 13.5. The van der Waals surface area contributed by atoms with Crippen LogP contribution in [-0.4, -0.2) is 9.55 Å². The first kappa shape index (κ1) is 14.7. The van der Waals surface area contributed by atoms with Gasteiger partial charge in [-0.15, -0.1) is 0 Å². The minimum Gasteiger partial charge on any atom is -0.326 e. The minimum absolute atomic E-state index is 0.189. The van der Waals surface area contributed by atoms with E-state index in [1.807, 2.05) is 18.7 Å². The lowest BCUT2D eigenvalue weighted by atomic mass is 9.93. The molecule has 0 fully saturated rings. The molecule has 0 amide bonds. The summed E-state index contributed by atoms with van der Waals surface area (Å²) in [6.45, 7) is 0. The minimum atomic E-state index is 0.189. The molecular weight excluding hydrogens is 292 g/mol. The monoisotopic (exact) mass is 312 g/mol. The summed E-state index contributed by atoms with van der Waals surface area (Å²) in [4.78, 5) is 4.24. The number of imidazole rings is 1. The summed E-state index contributed by atoms with van der Waals surface area (Å²) in [7, 11) is 0. The second-order valence-electron chi connectivity index (χ2n) is 6.08. The molecule has 0 saturated carbocycles. The average Bonchev–Trinajstić information content (AvgIpc) is 3.18. The van der Waals surface area contributed by atoms with E-state index in [-0.39, 0.29) is 6.04 Å². The molecule has 1 aliphatic rings. The van der Waals surface area contributed by atoms with E-state index in [4.69, 9.17) is 0 Å². The standard InChI is InChI=1S/C22H20N2/c1-3-7-18(8-4-1)19-11-13-21(14-12-19)22(24-16-15-23-17-24)20-9-5-2-6-10-20/h1,3-5,7-17,22H,2,6H2. The van der Waals surface area contributed by atoms with Crippen molar-refractivity contribution in [2.24, 2.45) is 0 Å². The van der Waals surface area contributed by atoms with Crippen LogP contribution in [0.4, 0.5) is 0 Å². The molecule has 0 aliphatic heterocycles. The molecule has 0 radical (unpaired) electrons. The molecular formula is C22H20N2. The van der Waals surface area contributed by atoms with Crippen LogP contribution in [0.5, 0.6) is 0 Å². The molecule has 4 rings (SSSR count). The molecule has 1 unspecified atom stereocenters. The van der Waals surface area contributed by atoms with Crippen molar-refractivity contribution >= 4 is 0 Å². The van der Waals surface area contributed by atoms with Crippen molar-refractivity contribution in [3.8, 4) is 11.1 Å². The maximum Gasteiger partial charge on any atom is 0.0954 e. The van der Waals surface area contributed by atoms with Crippen molar-refractivity contribution in [2.45, 2.75) is 18.9 Å². The van der Waals surface area contributed by atoms with Crippen molar-refractivity contribution in [1.29, 1.82) is 0 Å². The second kappa shape index (κ2) is 6.71. The highest BCUT2D eigenvalue weighted by molar-refractivity contribution is 5.63. The van der Waals surface area contributed by atoms with E-state index in [1.54, 1.807) is 0 Å². The molecule has 0 saturated heterocycles. The fraction of sp³-hybridized carbons (Fsp3) is 0.136. The number of nitrogens with zero attached hydrogens (tertiary/aromatic N) is 2. The van der Waals surface area contributed by atoms with Gasteiger partial charge in [0.05, 0.1) is 12.4 Å². The lowest BCUT2D eigenvalue weighted by Crippen LogP contribution is -2.11. The van der Waals surface area contributed by atoms with E-state index in [0.29, 0.717) is 0 Å². The number of benzene rings is 2. The first-order valence-corrected chi connectivity index (χ1v) is 8.41. The SMILES string of the molecule is C1=CC(C(c2ccc(-c3ccccc3)cc2)n2ccnc2)=CCC1. The Morgan fingerprint density at radius 1 is 0.875 bits per heavy atom. The number of hydrogen-bond acceptors (Lipinski definition) is 1. The quantitative estimate of drug-likeness (QED) is 0.629. The van der Waals surface area contributed by atoms with Crippen molar-refractivity contribution in [2.75, 3.05) is 0 Å². The van der Waals surface area contributed by atoms with Crippen molar-refractivity contribution < 1.29 is 0 Å². The Morgan fingerprint density at radius 3 is 2.33 bits per heavy atom. The van der Waals surface area contributed by atoms with Gasteiger partial charge >= 0.3 is 0 Å². The zero-order valence-corrected chi connectivity index (χ0v) is 13.5. The Hall–Kier alpha value is -2.87. The van der Waals surface area contributed by atoms with Gasteiger partial charge in [-0.05, 0) is 35.1 Å². The predicted molar refractivity (Wildman–Crippen MR) is 98.7 cm³/mol. The highest BCUT2D eigenvalue weighted by atomic mass is 15.1. The van der Waals surface area contributed by atoms with Crippen LogP contribution >= 0.6 is 0 Å². The fourth-order valence-corrected chi connectivity index (χ4v) is 3.28. The van der Waals surface area contributed by atoms with E-state index in [0.717, 1.165) is 12.8 Å². The Balaban J connectivity index is 1.71. The molecule has 0 N–H and O–H groups in total. The van der Waals surface area contributed by atoms with Gasteiger partial charge in [-0.1, -0.05) is 72.8 Å². The van der Waals surface area contributed by atoms with Crippen LogP contribution in [-0.2, 0) is 0 Å². The molecule has 0 bridgehead atoms. The lowest BCUT2D eigenvalue weighted by molar-refractivity contribution is 0.669. The normalized spacial score (nSPS) is 15.1. The maximum atomic E-state index is 4.24. The smallest absolute Gasteiger partial charge is 0.0954 e. The van der Waals surface area contributed by atoms with Gasteiger partial charge in [-0.25, -0.2) is 4.98 Å². The Morgan fingerprint density at radius 2 is 1.67 bits per heavy atom. The molecule has 2 nitrogen and oxygen atoms in total.